The van der Waals surface area contributed by atoms with Crippen LogP contribution in [-0.2, 0) is 48.3 Å². The van der Waals surface area contributed by atoms with E-state index in [1.165, 1.54) is 28.8 Å². The van der Waals surface area contributed by atoms with Crippen LogP contribution in [-0.4, -0.2) is 113 Å². The van der Waals surface area contributed by atoms with Crippen molar-refractivity contribution in [3.8, 4) is 0 Å². The first-order valence-corrected chi connectivity index (χ1v) is 20.3. The van der Waals surface area contributed by atoms with E-state index in [1.54, 1.807) is 81.4 Å². The van der Waals surface area contributed by atoms with Crippen LogP contribution in [0.5, 0.6) is 0 Å². The predicted octanol–water partition coefficient (Wildman–Crippen LogP) is 4.84. The molecule has 62 heavy (non-hydrogen) atoms. The summed E-state index contributed by atoms with van der Waals surface area (Å²) in [6.07, 6.45) is -1.45. The highest BCUT2D eigenvalue weighted by atomic mass is 35.5. The number of piperidine rings is 1. The summed E-state index contributed by atoms with van der Waals surface area (Å²) in [4.78, 5) is 107. The van der Waals surface area contributed by atoms with Crippen molar-refractivity contribution in [3.05, 3.63) is 93.5 Å². The van der Waals surface area contributed by atoms with Crippen LogP contribution in [0.3, 0.4) is 0 Å². The molecule has 9 amide bonds. The highest BCUT2D eigenvalue weighted by molar-refractivity contribution is 6.31. The average Bonchev–Trinajstić information content (AvgIpc) is 3.56. The second kappa shape index (κ2) is 20.7. The summed E-state index contributed by atoms with van der Waals surface area (Å²) in [5, 5.41) is 11.4. The van der Waals surface area contributed by atoms with E-state index in [4.69, 9.17) is 21.1 Å². The van der Waals surface area contributed by atoms with Gasteiger partial charge in [0.1, 0.15) is 18.7 Å². The first-order chi connectivity index (χ1) is 29.4. The Morgan fingerprint density at radius 1 is 0.823 bits per heavy atom. The van der Waals surface area contributed by atoms with Crippen molar-refractivity contribution < 1.29 is 47.8 Å². The molecule has 5 rings (SSSR count). The molecule has 2 atom stereocenters. The fourth-order valence-corrected chi connectivity index (χ4v) is 6.56. The van der Waals surface area contributed by atoms with Gasteiger partial charge >= 0.3 is 18.2 Å². The van der Waals surface area contributed by atoms with Gasteiger partial charge in [-0.25, -0.2) is 19.3 Å². The number of nitrogens with one attached hydrogen (secondary N) is 4. The predicted molar refractivity (Wildman–Crippen MR) is 228 cm³/mol. The van der Waals surface area contributed by atoms with Gasteiger partial charge in [0.25, 0.3) is 11.8 Å². The number of rotatable bonds is 15. The van der Waals surface area contributed by atoms with Crippen LogP contribution in [0.4, 0.5) is 25.8 Å². The van der Waals surface area contributed by atoms with E-state index < -0.39 is 48.8 Å². The number of aryl methyl sites for hydroxylation is 1. The Kier molecular flexibility index (Phi) is 15.5. The molecule has 18 nitrogen and oxygen atoms in total. The lowest BCUT2D eigenvalue weighted by Crippen LogP contribution is -2.55. The van der Waals surface area contributed by atoms with Gasteiger partial charge < -0.3 is 45.4 Å². The smallest absolute Gasteiger partial charge is 0.411 e. The summed E-state index contributed by atoms with van der Waals surface area (Å²) in [5.41, 5.74) is 4.37. The molecule has 2 aliphatic heterocycles. The number of amides is 9. The minimum absolute atomic E-state index is 0.0315. The van der Waals surface area contributed by atoms with Gasteiger partial charge in [-0.15, -0.1) is 0 Å². The topological polar surface area (TPSA) is 216 Å². The Morgan fingerprint density at radius 2 is 1.47 bits per heavy atom. The van der Waals surface area contributed by atoms with Crippen LogP contribution < -0.4 is 21.3 Å². The van der Waals surface area contributed by atoms with E-state index in [1.807, 2.05) is 6.92 Å². The van der Waals surface area contributed by atoms with E-state index in [0.29, 0.717) is 33.1 Å². The Balaban J connectivity index is 1.03. The van der Waals surface area contributed by atoms with Crippen molar-refractivity contribution >= 4 is 70.7 Å². The van der Waals surface area contributed by atoms with Crippen LogP contribution in [0.1, 0.15) is 66.2 Å². The fraction of sp³-hybridized carbons (Fsp3) is 0.395. The molecule has 330 valence electrons. The number of hydrogen-bond acceptors (Lipinski definition) is 10. The van der Waals surface area contributed by atoms with Gasteiger partial charge in [-0.05, 0) is 72.9 Å². The molecule has 0 saturated carbocycles. The number of urea groups is 1. The summed E-state index contributed by atoms with van der Waals surface area (Å²) < 4.78 is 10.7. The molecule has 4 N–H and O–H groups in total. The van der Waals surface area contributed by atoms with Gasteiger partial charge in [0.05, 0.1) is 0 Å². The highest BCUT2D eigenvalue weighted by Crippen LogP contribution is 2.30. The van der Waals surface area contributed by atoms with Gasteiger partial charge in [0.2, 0.25) is 17.7 Å². The molecular weight excluding hydrogens is 824 g/mol. The molecule has 0 bridgehead atoms. The number of halogens is 1. The quantitative estimate of drug-likeness (QED) is 0.153. The molecule has 1 fully saturated rings. The monoisotopic (exact) mass is 874 g/mol. The number of ether oxygens (including phenoxy) is 2. The average molecular weight is 875 g/mol. The SMILES string of the molecule is Cc1ccc(NC(=O)NCc2ccc3c(c2)CN(C2CCC(=O)N(COC(=O)N(C)CCN(C)C(=O)OCc4ccc(NC(=O)[C@H](C)NC(=O)C(C)C)cc4)C2=O)C3=O)cc1Cl. The molecule has 3 aromatic rings. The molecule has 0 radical (unpaired) electrons. The number of carbonyl (C=O) groups is 8. The number of hydrogen-bond donors (Lipinski definition) is 4. The Bertz CT molecular complexity index is 2220. The second-order valence-electron chi connectivity index (χ2n) is 15.4. The van der Waals surface area contributed by atoms with Crippen molar-refractivity contribution in [2.75, 3.05) is 44.5 Å². The molecule has 0 aromatic heterocycles. The van der Waals surface area contributed by atoms with Crippen LogP contribution in [0.25, 0.3) is 0 Å². The number of carbonyl (C=O) groups excluding carboxylic acids is 8. The number of imide groups is 1. The first kappa shape index (κ1) is 46.4. The summed E-state index contributed by atoms with van der Waals surface area (Å²) in [6, 6.07) is 14.8. The summed E-state index contributed by atoms with van der Waals surface area (Å²) in [6.45, 7) is 6.56. The molecule has 2 aliphatic rings. The minimum Gasteiger partial charge on any atom is -0.445 e. The molecule has 0 spiro atoms. The van der Waals surface area contributed by atoms with Crippen LogP contribution >= 0.6 is 11.6 Å². The van der Waals surface area contributed by atoms with Crippen molar-refractivity contribution in [2.24, 2.45) is 5.92 Å². The third-order valence-corrected chi connectivity index (χ3v) is 10.7. The van der Waals surface area contributed by atoms with E-state index in [-0.39, 0.29) is 69.3 Å². The summed E-state index contributed by atoms with van der Waals surface area (Å²) in [7, 11) is 2.92. The zero-order valence-electron chi connectivity index (χ0n) is 35.4. The van der Waals surface area contributed by atoms with Crippen molar-refractivity contribution in [1.29, 1.82) is 0 Å². The standard InChI is InChI=1S/C43H51ClN8O10/c1-25(2)37(54)46-27(4)38(55)47-31-12-8-28(9-13-31)23-61-42(59)49(5)17-18-50(6)43(60)62-24-52-36(53)16-15-35(40(52)57)51-22-30-19-29(10-14-33(30)39(51)56)21-45-41(58)48-32-11-7-26(3)34(44)20-32/h7-14,19-20,25,27,35H,15-18,21-24H2,1-6H3,(H,46,54)(H,47,55)(H2,45,48,58)/t27-,35?/m0/s1. The molecule has 1 unspecified atom stereocenters. The largest absolute Gasteiger partial charge is 0.445 e. The van der Waals surface area contributed by atoms with Crippen molar-refractivity contribution in [1.82, 2.24) is 30.2 Å². The molecular formula is C43H51ClN8O10. The van der Waals surface area contributed by atoms with E-state index in [9.17, 15) is 38.4 Å². The zero-order valence-corrected chi connectivity index (χ0v) is 36.2. The molecule has 1 saturated heterocycles. The second-order valence-corrected chi connectivity index (χ2v) is 15.8. The number of anilines is 2. The highest BCUT2D eigenvalue weighted by Gasteiger charge is 2.43. The fourth-order valence-electron chi connectivity index (χ4n) is 6.38. The molecule has 2 heterocycles. The lowest BCUT2D eigenvalue weighted by Gasteiger charge is -2.35. The lowest BCUT2D eigenvalue weighted by molar-refractivity contribution is -0.157. The van der Waals surface area contributed by atoms with Gasteiger partial charge in [-0.1, -0.05) is 55.8 Å². The maximum atomic E-state index is 13.6. The van der Waals surface area contributed by atoms with Gasteiger partial charge in [0.15, 0.2) is 6.73 Å². The Morgan fingerprint density at radius 3 is 2.13 bits per heavy atom. The summed E-state index contributed by atoms with van der Waals surface area (Å²) >= 11 is 6.15. The third kappa shape index (κ3) is 12.0. The van der Waals surface area contributed by atoms with E-state index in [0.717, 1.165) is 16.0 Å². The first-order valence-electron chi connectivity index (χ1n) is 20.0. The Hall–Kier alpha value is -6.69. The normalized spacial score (nSPS) is 15.1. The number of nitrogens with zero attached hydrogens (tertiary/aromatic N) is 4. The maximum Gasteiger partial charge on any atom is 0.411 e. The van der Waals surface area contributed by atoms with Crippen LogP contribution in [0, 0.1) is 12.8 Å². The third-order valence-electron chi connectivity index (χ3n) is 10.3. The molecule has 19 heteroatoms. The Labute approximate surface area is 364 Å². The van der Waals surface area contributed by atoms with Gasteiger partial charge in [-0.2, -0.15) is 0 Å². The molecule has 3 aromatic carbocycles. The summed E-state index contributed by atoms with van der Waals surface area (Å²) in [5.74, 6) is -2.46. The molecule has 0 aliphatic carbocycles. The lowest BCUT2D eigenvalue weighted by atomic mass is 10.0. The number of benzene rings is 3. The van der Waals surface area contributed by atoms with Crippen molar-refractivity contribution in [2.45, 2.75) is 72.3 Å². The number of likely N-dealkylation sites (N-methyl/N-ethyl adjacent to an activating group) is 2. The van der Waals surface area contributed by atoms with E-state index >= 15 is 0 Å². The maximum absolute atomic E-state index is 13.6. The van der Waals surface area contributed by atoms with E-state index in [2.05, 4.69) is 21.3 Å². The number of likely N-dealkylation sites (tertiary alicyclic amines) is 1. The van der Waals surface area contributed by atoms with Crippen molar-refractivity contribution in [3.63, 3.8) is 0 Å². The van der Waals surface area contributed by atoms with Crippen LogP contribution in [0.2, 0.25) is 5.02 Å². The zero-order chi connectivity index (χ0) is 45.2. The van der Waals surface area contributed by atoms with Gasteiger partial charge in [-0.3, -0.25) is 24.0 Å². The minimum atomic E-state index is -0.963. The van der Waals surface area contributed by atoms with Gasteiger partial charge in [0, 0.05) is 74.6 Å². The van der Waals surface area contributed by atoms with Crippen LogP contribution in [0.15, 0.2) is 60.7 Å². The number of fused-ring (bicyclic) bond motifs is 1.